The van der Waals surface area contributed by atoms with Crippen molar-refractivity contribution in [3.63, 3.8) is 0 Å². The Morgan fingerprint density at radius 3 is 2.47 bits per heavy atom. The SMILES string of the molecule is COc1cc(C(F)F)c(C#N)c(OC)n1. The van der Waals surface area contributed by atoms with Crippen LogP contribution in [-0.4, -0.2) is 19.2 Å². The first-order valence-electron chi connectivity index (χ1n) is 3.95. The number of pyridine rings is 1. The fourth-order valence-electron chi connectivity index (χ4n) is 1.05. The average molecular weight is 214 g/mol. The van der Waals surface area contributed by atoms with E-state index in [1.807, 2.05) is 0 Å². The summed E-state index contributed by atoms with van der Waals surface area (Å²) in [6.07, 6.45) is -2.77. The molecule has 0 saturated carbocycles. The highest BCUT2D eigenvalue weighted by Crippen LogP contribution is 2.30. The quantitative estimate of drug-likeness (QED) is 0.771. The van der Waals surface area contributed by atoms with Gasteiger partial charge in [-0.25, -0.2) is 8.78 Å². The molecule has 0 bridgehead atoms. The van der Waals surface area contributed by atoms with Crippen LogP contribution in [0.4, 0.5) is 8.78 Å². The lowest BCUT2D eigenvalue weighted by Gasteiger charge is -2.09. The van der Waals surface area contributed by atoms with Gasteiger partial charge in [-0.05, 0) is 0 Å². The molecule has 0 fully saturated rings. The zero-order chi connectivity index (χ0) is 11.4. The lowest BCUT2D eigenvalue weighted by Crippen LogP contribution is -2.00. The van der Waals surface area contributed by atoms with Crippen LogP contribution in [0.1, 0.15) is 17.6 Å². The van der Waals surface area contributed by atoms with E-state index in [9.17, 15) is 8.78 Å². The molecule has 80 valence electrons. The second-order valence-electron chi connectivity index (χ2n) is 2.55. The van der Waals surface area contributed by atoms with Crippen LogP contribution in [0.5, 0.6) is 11.8 Å². The molecule has 0 spiro atoms. The van der Waals surface area contributed by atoms with Gasteiger partial charge in [0.1, 0.15) is 11.6 Å². The monoisotopic (exact) mass is 214 g/mol. The molecule has 1 aromatic heterocycles. The van der Waals surface area contributed by atoms with Crippen molar-refractivity contribution >= 4 is 0 Å². The number of rotatable bonds is 3. The Labute approximate surface area is 85.1 Å². The molecule has 15 heavy (non-hydrogen) atoms. The van der Waals surface area contributed by atoms with Crippen molar-refractivity contribution in [2.24, 2.45) is 0 Å². The summed E-state index contributed by atoms with van der Waals surface area (Å²) in [6.45, 7) is 0. The van der Waals surface area contributed by atoms with Crippen molar-refractivity contribution in [1.82, 2.24) is 4.98 Å². The molecule has 6 heteroatoms. The Balaban J connectivity index is 3.41. The third-order valence-electron chi connectivity index (χ3n) is 1.74. The number of ether oxygens (including phenoxy) is 2. The van der Waals surface area contributed by atoms with E-state index in [1.54, 1.807) is 6.07 Å². The van der Waals surface area contributed by atoms with E-state index in [4.69, 9.17) is 14.7 Å². The van der Waals surface area contributed by atoms with Crippen LogP contribution in [0, 0.1) is 11.3 Å². The van der Waals surface area contributed by atoms with Gasteiger partial charge >= 0.3 is 0 Å². The summed E-state index contributed by atoms with van der Waals surface area (Å²) >= 11 is 0. The minimum Gasteiger partial charge on any atom is -0.481 e. The Bertz CT molecular complexity index is 402. The summed E-state index contributed by atoms with van der Waals surface area (Å²) in [5, 5.41) is 8.70. The summed E-state index contributed by atoms with van der Waals surface area (Å²) in [6, 6.07) is 2.64. The molecular formula is C9H8F2N2O2. The maximum absolute atomic E-state index is 12.6. The number of aromatic nitrogens is 1. The smallest absolute Gasteiger partial charge is 0.265 e. The predicted molar refractivity (Wildman–Crippen MR) is 47.0 cm³/mol. The fourth-order valence-corrected chi connectivity index (χ4v) is 1.05. The first kappa shape index (κ1) is 11.2. The summed E-state index contributed by atoms with van der Waals surface area (Å²) < 4.78 is 34.6. The van der Waals surface area contributed by atoms with Crippen molar-refractivity contribution in [1.29, 1.82) is 5.26 Å². The number of halogens is 2. The van der Waals surface area contributed by atoms with Gasteiger partial charge in [-0.1, -0.05) is 0 Å². The van der Waals surface area contributed by atoms with E-state index in [1.165, 1.54) is 14.2 Å². The predicted octanol–water partition coefficient (Wildman–Crippen LogP) is 1.91. The normalized spacial score (nSPS) is 9.87. The standard InChI is InChI=1S/C9H8F2N2O2/c1-14-7-3-5(8(10)11)6(4-12)9(13-7)15-2/h3,8H,1-2H3. The Morgan fingerprint density at radius 2 is 2.07 bits per heavy atom. The number of hydrogen-bond donors (Lipinski definition) is 0. The van der Waals surface area contributed by atoms with Gasteiger partial charge in [-0.2, -0.15) is 10.2 Å². The van der Waals surface area contributed by atoms with E-state index in [0.717, 1.165) is 6.07 Å². The molecule has 0 aliphatic rings. The van der Waals surface area contributed by atoms with E-state index >= 15 is 0 Å². The van der Waals surface area contributed by atoms with Gasteiger partial charge < -0.3 is 9.47 Å². The molecule has 0 aromatic carbocycles. The summed E-state index contributed by atoms with van der Waals surface area (Å²) in [7, 11) is 2.54. The van der Waals surface area contributed by atoms with Crippen LogP contribution in [0.3, 0.4) is 0 Å². The van der Waals surface area contributed by atoms with Crippen LogP contribution in [0.2, 0.25) is 0 Å². The largest absolute Gasteiger partial charge is 0.481 e. The van der Waals surface area contributed by atoms with Gasteiger partial charge in [0, 0.05) is 11.6 Å². The van der Waals surface area contributed by atoms with Gasteiger partial charge in [-0.15, -0.1) is 0 Å². The van der Waals surface area contributed by atoms with Gasteiger partial charge in [0.15, 0.2) is 0 Å². The number of alkyl halides is 2. The third kappa shape index (κ3) is 2.13. The van der Waals surface area contributed by atoms with Crippen molar-refractivity contribution in [3.8, 4) is 17.8 Å². The molecule has 0 saturated heterocycles. The second-order valence-corrected chi connectivity index (χ2v) is 2.55. The van der Waals surface area contributed by atoms with Gasteiger partial charge in [0.2, 0.25) is 11.8 Å². The van der Waals surface area contributed by atoms with Crippen LogP contribution < -0.4 is 9.47 Å². The number of nitriles is 1. The Hall–Kier alpha value is -1.90. The van der Waals surface area contributed by atoms with Gasteiger partial charge in [0.05, 0.1) is 14.2 Å². The molecule has 0 N–H and O–H groups in total. The molecule has 0 amide bonds. The van der Waals surface area contributed by atoms with Crippen LogP contribution in [0.15, 0.2) is 6.07 Å². The Morgan fingerprint density at radius 1 is 1.40 bits per heavy atom. The minimum atomic E-state index is -2.77. The number of nitrogens with zero attached hydrogens (tertiary/aromatic N) is 2. The van der Waals surface area contributed by atoms with E-state index in [2.05, 4.69) is 4.98 Å². The summed E-state index contributed by atoms with van der Waals surface area (Å²) in [4.78, 5) is 3.72. The molecule has 1 aromatic rings. The fraction of sp³-hybridized carbons (Fsp3) is 0.333. The molecule has 1 rings (SSSR count). The first-order valence-corrected chi connectivity index (χ1v) is 3.95. The summed E-state index contributed by atoms with van der Waals surface area (Å²) in [5.41, 5.74) is -0.713. The molecule has 0 unspecified atom stereocenters. The number of methoxy groups -OCH3 is 2. The molecule has 0 aliphatic heterocycles. The molecule has 4 nitrogen and oxygen atoms in total. The van der Waals surface area contributed by atoms with E-state index < -0.39 is 12.0 Å². The molecule has 0 atom stereocenters. The topological polar surface area (TPSA) is 55.1 Å². The van der Waals surface area contributed by atoms with Gasteiger partial charge in [0.25, 0.3) is 6.43 Å². The molecule has 1 heterocycles. The highest BCUT2D eigenvalue weighted by atomic mass is 19.3. The first-order chi connectivity index (χ1) is 7.13. The van der Waals surface area contributed by atoms with Crippen LogP contribution in [0.25, 0.3) is 0 Å². The summed E-state index contributed by atoms with van der Waals surface area (Å²) in [5.74, 6) is -0.173. The van der Waals surface area contributed by atoms with E-state index in [-0.39, 0.29) is 17.3 Å². The van der Waals surface area contributed by atoms with Crippen molar-refractivity contribution < 1.29 is 18.3 Å². The highest BCUT2D eigenvalue weighted by molar-refractivity contribution is 5.47. The second kappa shape index (κ2) is 4.55. The zero-order valence-electron chi connectivity index (χ0n) is 8.12. The molecule has 0 radical (unpaired) electrons. The lowest BCUT2D eigenvalue weighted by molar-refractivity contribution is 0.150. The minimum absolute atomic E-state index is 0.0128. The van der Waals surface area contributed by atoms with Crippen molar-refractivity contribution in [2.75, 3.05) is 14.2 Å². The number of hydrogen-bond acceptors (Lipinski definition) is 4. The Kier molecular flexibility index (Phi) is 3.39. The lowest BCUT2D eigenvalue weighted by atomic mass is 10.1. The van der Waals surface area contributed by atoms with Crippen molar-refractivity contribution in [2.45, 2.75) is 6.43 Å². The van der Waals surface area contributed by atoms with Gasteiger partial charge in [-0.3, -0.25) is 0 Å². The average Bonchev–Trinajstić information content (AvgIpc) is 2.26. The highest BCUT2D eigenvalue weighted by Gasteiger charge is 2.20. The van der Waals surface area contributed by atoms with Crippen LogP contribution >= 0.6 is 0 Å². The van der Waals surface area contributed by atoms with Crippen LogP contribution in [-0.2, 0) is 0 Å². The zero-order valence-corrected chi connectivity index (χ0v) is 8.12. The molecular weight excluding hydrogens is 206 g/mol. The molecule has 0 aliphatic carbocycles. The van der Waals surface area contributed by atoms with E-state index in [0.29, 0.717) is 0 Å². The maximum Gasteiger partial charge on any atom is 0.265 e. The third-order valence-corrected chi connectivity index (χ3v) is 1.74. The maximum atomic E-state index is 12.6. The van der Waals surface area contributed by atoms with Crippen molar-refractivity contribution in [3.05, 3.63) is 17.2 Å².